The fraction of sp³-hybridized carbons (Fsp3) is 0.256. The van der Waals surface area contributed by atoms with Gasteiger partial charge in [0.2, 0.25) is 5.52 Å². The largest absolute Gasteiger partial charge is 0.511 e. The van der Waals surface area contributed by atoms with Gasteiger partial charge in [-0.25, -0.2) is 13.1 Å². The van der Waals surface area contributed by atoms with E-state index in [1.165, 1.54) is 32.5 Å². The molecule has 0 amide bonds. The SMILES string of the molecule is C=CSc1ccc2c(c1)N(CC)/C(=C/C=C/C1=CC(=C/c3sc4ccc(-c5ccccc5)cc4[n+]3CCNS(=O)(=O)C(F)(F)F)/CC(C)(C)C1)S2. The first kappa shape index (κ1) is 37.2. The number of aromatic nitrogens is 1. The lowest BCUT2D eigenvalue weighted by Crippen LogP contribution is -2.44. The van der Waals surface area contributed by atoms with Crippen molar-refractivity contribution in [2.24, 2.45) is 5.41 Å². The summed E-state index contributed by atoms with van der Waals surface area (Å²) in [5, 5.41) is 3.84. The van der Waals surface area contributed by atoms with Crippen molar-refractivity contribution >= 4 is 66.9 Å². The molecule has 5 nitrogen and oxygen atoms in total. The summed E-state index contributed by atoms with van der Waals surface area (Å²) in [7, 11) is -5.46. The second-order valence-electron chi connectivity index (χ2n) is 13.1. The summed E-state index contributed by atoms with van der Waals surface area (Å²) in [4.78, 5) is 4.71. The maximum Gasteiger partial charge on any atom is 0.511 e. The number of fused-ring (bicyclic) bond motifs is 2. The van der Waals surface area contributed by atoms with Gasteiger partial charge >= 0.3 is 15.5 Å². The highest BCUT2D eigenvalue weighted by molar-refractivity contribution is 8.03. The van der Waals surface area contributed by atoms with Crippen molar-refractivity contribution < 1.29 is 26.2 Å². The fourth-order valence-electron chi connectivity index (χ4n) is 6.44. The smallest absolute Gasteiger partial charge is 0.335 e. The number of nitrogens with one attached hydrogen (secondary N) is 1. The topological polar surface area (TPSA) is 53.3 Å². The Hall–Kier alpha value is -3.55. The number of benzene rings is 3. The average Bonchev–Trinajstić information content (AvgIpc) is 3.60. The van der Waals surface area contributed by atoms with Gasteiger partial charge in [-0.1, -0.05) is 110 Å². The van der Waals surface area contributed by atoms with Gasteiger partial charge in [0, 0.05) is 28.5 Å². The van der Waals surface area contributed by atoms with Gasteiger partial charge in [-0.05, 0) is 83.2 Å². The van der Waals surface area contributed by atoms with E-state index in [0.717, 1.165) is 56.2 Å². The maximum absolute atomic E-state index is 13.1. The van der Waals surface area contributed by atoms with Crippen LogP contribution >= 0.6 is 34.9 Å². The molecule has 0 atom stereocenters. The van der Waals surface area contributed by atoms with Gasteiger partial charge in [0.15, 0.2) is 6.54 Å². The van der Waals surface area contributed by atoms with Crippen LogP contribution in [0.15, 0.2) is 129 Å². The number of hydrogen-bond donors (Lipinski definition) is 1. The number of alkyl halides is 3. The number of rotatable bonds is 11. The molecule has 1 aliphatic heterocycles. The molecule has 0 saturated heterocycles. The molecule has 1 aromatic heterocycles. The van der Waals surface area contributed by atoms with Crippen LogP contribution in [0.5, 0.6) is 0 Å². The van der Waals surface area contributed by atoms with Gasteiger partial charge in [-0.2, -0.15) is 17.7 Å². The van der Waals surface area contributed by atoms with E-state index in [4.69, 9.17) is 0 Å². The molecule has 266 valence electrons. The number of thioether (sulfide) groups is 2. The second-order valence-corrected chi connectivity index (χ2v) is 18.0. The molecule has 0 bridgehead atoms. The predicted octanol–water partition coefficient (Wildman–Crippen LogP) is 10.7. The van der Waals surface area contributed by atoms with Crippen molar-refractivity contribution in [3.05, 3.63) is 124 Å². The molecule has 0 radical (unpaired) electrons. The minimum absolute atomic E-state index is 0.0231. The number of anilines is 1. The van der Waals surface area contributed by atoms with Crippen molar-refractivity contribution in [3.8, 4) is 11.1 Å². The van der Waals surface area contributed by atoms with E-state index in [1.54, 1.807) is 28.2 Å². The Bertz CT molecular complexity index is 2180. The van der Waals surface area contributed by atoms with Gasteiger partial charge in [0.25, 0.3) is 5.01 Å². The lowest BCUT2D eigenvalue weighted by atomic mass is 9.75. The number of allylic oxidation sites excluding steroid dienone is 6. The zero-order valence-electron chi connectivity index (χ0n) is 28.5. The number of hydrogen-bond acceptors (Lipinski definition) is 6. The minimum Gasteiger partial charge on any atom is -0.335 e. The normalized spacial score (nSPS) is 17.8. The summed E-state index contributed by atoms with van der Waals surface area (Å²) in [6, 6.07) is 22.4. The van der Waals surface area contributed by atoms with E-state index in [0.29, 0.717) is 0 Å². The summed E-state index contributed by atoms with van der Waals surface area (Å²) in [6.45, 7) is 10.9. The van der Waals surface area contributed by atoms with Crippen molar-refractivity contribution in [3.63, 3.8) is 0 Å². The molecule has 6 rings (SSSR count). The first-order chi connectivity index (χ1) is 24.3. The molecule has 0 unspecified atom stereocenters. The standard InChI is InChI=1S/C39H39F3N3O2S4/c1-5-44-33-24-31(48-6-2)16-18-35(33)49-36(44)14-10-11-27-21-28(26-38(3,4)25-27)22-37-45(20-19-43-51(46,47)39(40,41)42)32-23-30(15-17-34(32)50-37)29-12-8-7-9-13-29/h6-18,21-24,43H,2,5,19-20,25-26H2,1,3-4H3/q+1. The molecule has 2 aliphatic rings. The van der Waals surface area contributed by atoms with E-state index >= 15 is 0 Å². The minimum atomic E-state index is -5.46. The molecule has 1 N–H and O–H groups in total. The number of thiazole rings is 1. The third-order valence-electron chi connectivity index (χ3n) is 8.60. The van der Waals surface area contributed by atoms with Crippen LogP contribution in [0.4, 0.5) is 18.9 Å². The summed E-state index contributed by atoms with van der Waals surface area (Å²) in [5.74, 6) is 0. The molecule has 0 saturated carbocycles. The molecular formula is C39H39F3N3O2S4+. The predicted molar refractivity (Wildman–Crippen MR) is 208 cm³/mol. The monoisotopic (exact) mass is 766 g/mol. The third-order valence-corrected chi connectivity index (χ3v) is 12.7. The summed E-state index contributed by atoms with van der Waals surface area (Å²) >= 11 is 4.91. The Balaban J connectivity index is 1.32. The van der Waals surface area contributed by atoms with Crippen molar-refractivity contribution in [1.82, 2.24) is 4.72 Å². The third kappa shape index (κ3) is 8.58. The number of sulfonamides is 1. The quantitative estimate of drug-likeness (QED) is 0.122. The van der Waals surface area contributed by atoms with E-state index < -0.39 is 22.1 Å². The summed E-state index contributed by atoms with van der Waals surface area (Å²) in [6.07, 6.45) is 12.4. The van der Waals surface area contributed by atoms with Crippen LogP contribution in [0.2, 0.25) is 0 Å². The molecule has 3 aromatic carbocycles. The van der Waals surface area contributed by atoms with E-state index in [1.807, 2.05) is 58.5 Å². The molecular weight excluding hydrogens is 728 g/mol. The van der Waals surface area contributed by atoms with Crippen LogP contribution in [0.3, 0.4) is 0 Å². The van der Waals surface area contributed by atoms with Gasteiger partial charge < -0.3 is 4.90 Å². The average molecular weight is 767 g/mol. The molecule has 0 spiro atoms. The molecule has 1 aliphatic carbocycles. The van der Waals surface area contributed by atoms with Crippen molar-refractivity contribution in [1.29, 1.82) is 0 Å². The molecule has 51 heavy (non-hydrogen) atoms. The zero-order chi connectivity index (χ0) is 36.4. The van der Waals surface area contributed by atoms with E-state index in [2.05, 4.69) is 80.8 Å². The van der Waals surface area contributed by atoms with Crippen LogP contribution in [0, 0.1) is 5.41 Å². The summed E-state index contributed by atoms with van der Waals surface area (Å²) < 4.78 is 67.6. The Morgan fingerprint density at radius 2 is 1.84 bits per heavy atom. The molecule has 4 aromatic rings. The Kier molecular flexibility index (Phi) is 11.1. The van der Waals surface area contributed by atoms with Crippen molar-refractivity contribution in [2.45, 2.75) is 55.5 Å². The van der Waals surface area contributed by atoms with Crippen molar-refractivity contribution in [2.75, 3.05) is 18.0 Å². The first-order valence-corrected chi connectivity index (χ1v) is 20.5. The summed E-state index contributed by atoms with van der Waals surface area (Å²) in [5.41, 5.74) is 0.892. The van der Waals surface area contributed by atoms with E-state index in [9.17, 15) is 21.6 Å². The number of halogens is 3. The van der Waals surface area contributed by atoms with Crippen LogP contribution in [0.25, 0.3) is 27.4 Å². The first-order valence-electron chi connectivity index (χ1n) is 16.5. The van der Waals surface area contributed by atoms with Gasteiger partial charge in [-0.15, -0.1) is 0 Å². The Morgan fingerprint density at radius 3 is 2.57 bits per heavy atom. The highest BCUT2D eigenvalue weighted by atomic mass is 32.2. The van der Waals surface area contributed by atoms with Crippen LogP contribution < -0.4 is 14.2 Å². The highest BCUT2D eigenvalue weighted by Crippen LogP contribution is 2.47. The molecule has 2 heterocycles. The van der Waals surface area contributed by atoms with Gasteiger partial charge in [0.1, 0.15) is 4.70 Å². The van der Waals surface area contributed by atoms with Crippen LogP contribution in [-0.2, 0) is 16.6 Å². The maximum atomic E-state index is 13.1. The number of nitrogens with zero attached hydrogens (tertiary/aromatic N) is 2. The lowest BCUT2D eigenvalue weighted by Gasteiger charge is -2.30. The zero-order valence-corrected chi connectivity index (χ0v) is 31.8. The highest BCUT2D eigenvalue weighted by Gasteiger charge is 2.45. The van der Waals surface area contributed by atoms with E-state index in [-0.39, 0.29) is 12.0 Å². The Morgan fingerprint density at radius 1 is 1.06 bits per heavy atom. The lowest BCUT2D eigenvalue weighted by molar-refractivity contribution is -0.666. The van der Waals surface area contributed by atoms with Crippen LogP contribution in [-0.4, -0.2) is 27.0 Å². The second kappa shape index (κ2) is 15.2. The Labute approximate surface area is 310 Å². The fourth-order valence-corrected chi connectivity index (χ4v) is 9.75. The molecule has 12 heteroatoms. The van der Waals surface area contributed by atoms with Crippen LogP contribution in [0.1, 0.15) is 38.6 Å². The van der Waals surface area contributed by atoms with Gasteiger partial charge in [-0.3, -0.25) is 0 Å². The molecule has 0 fully saturated rings. The van der Waals surface area contributed by atoms with Gasteiger partial charge in [0.05, 0.1) is 17.3 Å².